The number of fused-ring (bicyclic) bond motifs is 1. The number of anilines is 1. The first-order valence-corrected chi connectivity index (χ1v) is 7.11. The summed E-state index contributed by atoms with van der Waals surface area (Å²) < 4.78 is 1.91. The van der Waals surface area contributed by atoms with Gasteiger partial charge in [-0.25, -0.2) is 9.67 Å². The molecule has 0 saturated carbocycles. The third-order valence-corrected chi connectivity index (χ3v) is 3.62. The third kappa shape index (κ3) is 2.65. The number of aryl methyl sites for hydroxylation is 2. The Morgan fingerprint density at radius 1 is 1.48 bits per heavy atom. The quantitative estimate of drug-likeness (QED) is 0.874. The van der Waals surface area contributed by atoms with Crippen LogP contribution in [-0.2, 0) is 6.42 Å². The summed E-state index contributed by atoms with van der Waals surface area (Å²) in [4.78, 5) is 4.36. The standard InChI is InChI=1S/C16H17N5/c1-12-13(5-2-3-8-17)11-21(20-12)15-7-10-19-16-14(15)6-4-9-18-16/h4,6-7,10-11H,2-3,5,9H2,1H3,(H,18,19). The summed E-state index contributed by atoms with van der Waals surface area (Å²) in [6.45, 7) is 2.82. The monoisotopic (exact) mass is 279 g/mol. The van der Waals surface area contributed by atoms with Crippen molar-refractivity contribution in [2.75, 3.05) is 11.9 Å². The summed E-state index contributed by atoms with van der Waals surface area (Å²) in [5.74, 6) is 0.897. The molecule has 0 aromatic carbocycles. The molecule has 21 heavy (non-hydrogen) atoms. The second kappa shape index (κ2) is 5.80. The molecule has 0 unspecified atom stereocenters. The second-order valence-corrected chi connectivity index (χ2v) is 5.07. The van der Waals surface area contributed by atoms with Crippen LogP contribution < -0.4 is 5.32 Å². The van der Waals surface area contributed by atoms with E-state index in [4.69, 9.17) is 5.26 Å². The molecule has 1 aliphatic heterocycles. The predicted molar refractivity (Wildman–Crippen MR) is 82.2 cm³/mol. The number of hydrogen-bond donors (Lipinski definition) is 1. The number of aromatic nitrogens is 3. The highest BCUT2D eigenvalue weighted by molar-refractivity contribution is 5.73. The maximum absolute atomic E-state index is 8.64. The molecule has 0 aliphatic carbocycles. The van der Waals surface area contributed by atoms with Gasteiger partial charge in [-0.05, 0) is 31.4 Å². The van der Waals surface area contributed by atoms with E-state index in [0.717, 1.165) is 42.1 Å². The van der Waals surface area contributed by atoms with Gasteiger partial charge in [0.05, 0.1) is 17.5 Å². The fraction of sp³-hybridized carbons (Fsp3) is 0.312. The van der Waals surface area contributed by atoms with Gasteiger partial charge in [-0.2, -0.15) is 10.4 Å². The van der Waals surface area contributed by atoms with Crippen LogP contribution in [-0.4, -0.2) is 21.3 Å². The van der Waals surface area contributed by atoms with Crippen molar-refractivity contribution >= 4 is 11.9 Å². The molecule has 0 radical (unpaired) electrons. The molecule has 1 N–H and O–H groups in total. The molecule has 3 rings (SSSR count). The summed E-state index contributed by atoms with van der Waals surface area (Å²) >= 11 is 0. The van der Waals surface area contributed by atoms with E-state index in [-0.39, 0.29) is 0 Å². The molecule has 5 nitrogen and oxygen atoms in total. The zero-order valence-electron chi connectivity index (χ0n) is 12.0. The van der Waals surface area contributed by atoms with Gasteiger partial charge in [-0.1, -0.05) is 12.2 Å². The normalized spacial score (nSPS) is 12.6. The molecule has 0 bridgehead atoms. The maximum atomic E-state index is 8.64. The van der Waals surface area contributed by atoms with Crippen LogP contribution >= 0.6 is 0 Å². The summed E-state index contributed by atoms with van der Waals surface area (Å²) in [7, 11) is 0. The van der Waals surface area contributed by atoms with Gasteiger partial charge in [-0.15, -0.1) is 0 Å². The van der Waals surface area contributed by atoms with Crippen LogP contribution in [0.2, 0.25) is 0 Å². The molecular formula is C16H17N5. The summed E-state index contributed by atoms with van der Waals surface area (Å²) in [6.07, 6.45) is 10.4. The van der Waals surface area contributed by atoms with Crippen molar-refractivity contribution in [3.8, 4) is 11.8 Å². The van der Waals surface area contributed by atoms with Gasteiger partial charge in [-0.3, -0.25) is 0 Å². The molecule has 0 saturated heterocycles. The molecule has 1 aliphatic rings. The van der Waals surface area contributed by atoms with Gasteiger partial charge in [0.15, 0.2) is 0 Å². The fourth-order valence-electron chi connectivity index (χ4n) is 2.52. The summed E-state index contributed by atoms with van der Waals surface area (Å²) in [6, 6.07) is 4.16. The Labute approximate surface area is 123 Å². The SMILES string of the molecule is Cc1nn(-c2ccnc3c2C=CCN3)cc1CCCC#N. The number of pyridine rings is 1. The lowest BCUT2D eigenvalue weighted by atomic mass is 10.1. The van der Waals surface area contributed by atoms with Crippen LogP contribution in [0.25, 0.3) is 11.8 Å². The maximum Gasteiger partial charge on any atom is 0.135 e. The van der Waals surface area contributed by atoms with Crippen LogP contribution in [0.3, 0.4) is 0 Å². The van der Waals surface area contributed by atoms with Crippen molar-refractivity contribution in [2.24, 2.45) is 0 Å². The molecule has 5 heteroatoms. The first-order valence-electron chi connectivity index (χ1n) is 7.11. The van der Waals surface area contributed by atoms with E-state index < -0.39 is 0 Å². The van der Waals surface area contributed by atoms with Crippen LogP contribution in [0.5, 0.6) is 0 Å². The molecule has 0 atom stereocenters. The minimum Gasteiger partial charge on any atom is -0.366 e. The van der Waals surface area contributed by atoms with E-state index in [2.05, 4.69) is 39.8 Å². The highest BCUT2D eigenvalue weighted by Gasteiger charge is 2.13. The Morgan fingerprint density at radius 2 is 2.38 bits per heavy atom. The third-order valence-electron chi connectivity index (χ3n) is 3.62. The molecule has 3 heterocycles. The van der Waals surface area contributed by atoms with Crippen molar-refractivity contribution < 1.29 is 0 Å². The van der Waals surface area contributed by atoms with Crippen LogP contribution in [0.15, 0.2) is 24.5 Å². The predicted octanol–water partition coefficient (Wildman–Crippen LogP) is 2.86. The highest BCUT2D eigenvalue weighted by Crippen LogP contribution is 2.25. The molecule has 2 aromatic heterocycles. The van der Waals surface area contributed by atoms with Crippen LogP contribution in [0.1, 0.15) is 29.7 Å². The van der Waals surface area contributed by atoms with Gasteiger partial charge < -0.3 is 5.32 Å². The molecule has 2 aromatic rings. The molecule has 0 spiro atoms. The number of nitriles is 1. The Bertz CT molecular complexity index is 721. The van der Waals surface area contributed by atoms with E-state index in [1.165, 1.54) is 5.56 Å². The number of nitrogens with one attached hydrogen (secondary N) is 1. The topological polar surface area (TPSA) is 66.5 Å². The minimum absolute atomic E-state index is 0.585. The van der Waals surface area contributed by atoms with E-state index in [0.29, 0.717) is 6.42 Å². The minimum atomic E-state index is 0.585. The number of hydrogen-bond acceptors (Lipinski definition) is 4. The van der Waals surface area contributed by atoms with E-state index in [1.54, 1.807) is 6.20 Å². The molecule has 106 valence electrons. The Morgan fingerprint density at radius 3 is 3.24 bits per heavy atom. The molecule has 0 fully saturated rings. The number of nitrogens with zero attached hydrogens (tertiary/aromatic N) is 4. The fourth-order valence-corrected chi connectivity index (χ4v) is 2.52. The Hall–Kier alpha value is -2.61. The van der Waals surface area contributed by atoms with E-state index in [9.17, 15) is 0 Å². The second-order valence-electron chi connectivity index (χ2n) is 5.07. The van der Waals surface area contributed by atoms with Gasteiger partial charge in [0.25, 0.3) is 0 Å². The van der Waals surface area contributed by atoms with Gasteiger partial charge in [0.2, 0.25) is 0 Å². The lowest BCUT2D eigenvalue weighted by molar-refractivity contribution is 0.845. The first-order chi connectivity index (χ1) is 10.3. The molecule has 0 amide bonds. The summed E-state index contributed by atoms with van der Waals surface area (Å²) in [5, 5.41) is 16.5. The lowest BCUT2D eigenvalue weighted by Crippen LogP contribution is -2.09. The Kier molecular flexibility index (Phi) is 3.69. The Balaban J connectivity index is 1.94. The largest absolute Gasteiger partial charge is 0.366 e. The zero-order valence-corrected chi connectivity index (χ0v) is 12.0. The summed E-state index contributed by atoms with van der Waals surface area (Å²) in [5.41, 5.74) is 4.31. The number of rotatable bonds is 4. The van der Waals surface area contributed by atoms with Crippen molar-refractivity contribution in [1.29, 1.82) is 5.26 Å². The van der Waals surface area contributed by atoms with Crippen molar-refractivity contribution in [3.05, 3.63) is 41.4 Å². The average molecular weight is 279 g/mol. The van der Waals surface area contributed by atoms with E-state index in [1.807, 2.05) is 17.7 Å². The van der Waals surface area contributed by atoms with E-state index >= 15 is 0 Å². The number of unbranched alkanes of at least 4 members (excludes halogenated alkanes) is 1. The van der Waals surface area contributed by atoms with Crippen molar-refractivity contribution in [3.63, 3.8) is 0 Å². The first kappa shape index (κ1) is 13.4. The van der Waals surface area contributed by atoms with Crippen LogP contribution in [0, 0.1) is 18.3 Å². The van der Waals surface area contributed by atoms with Crippen molar-refractivity contribution in [2.45, 2.75) is 26.2 Å². The highest BCUT2D eigenvalue weighted by atomic mass is 15.3. The van der Waals surface area contributed by atoms with Gasteiger partial charge >= 0.3 is 0 Å². The zero-order chi connectivity index (χ0) is 14.7. The van der Waals surface area contributed by atoms with Crippen molar-refractivity contribution in [1.82, 2.24) is 14.8 Å². The molecular weight excluding hydrogens is 262 g/mol. The van der Waals surface area contributed by atoms with Gasteiger partial charge in [0, 0.05) is 30.9 Å². The average Bonchev–Trinajstić information content (AvgIpc) is 2.88. The van der Waals surface area contributed by atoms with Gasteiger partial charge in [0.1, 0.15) is 5.82 Å². The van der Waals surface area contributed by atoms with Crippen LogP contribution in [0.4, 0.5) is 5.82 Å². The smallest absolute Gasteiger partial charge is 0.135 e. The lowest BCUT2D eigenvalue weighted by Gasteiger charge is -2.15.